The fourth-order valence-electron chi connectivity index (χ4n) is 2.33. The van der Waals surface area contributed by atoms with Crippen molar-refractivity contribution in [2.24, 2.45) is 5.73 Å². The van der Waals surface area contributed by atoms with Crippen molar-refractivity contribution < 1.29 is 14.2 Å². The van der Waals surface area contributed by atoms with E-state index in [9.17, 15) is 0 Å². The van der Waals surface area contributed by atoms with Gasteiger partial charge >= 0.3 is 0 Å². The summed E-state index contributed by atoms with van der Waals surface area (Å²) < 4.78 is 15.8. The maximum atomic E-state index is 6.35. The minimum Gasteiger partial charge on any atom is -0.496 e. The van der Waals surface area contributed by atoms with Gasteiger partial charge in [0.2, 0.25) is 0 Å². The van der Waals surface area contributed by atoms with Gasteiger partial charge in [0.15, 0.2) is 11.5 Å². The van der Waals surface area contributed by atoms with Gasteiger partial charge in [-0.25, -0.2) is 0 Å². The van der Waals surface area contributed by atoms with E-state index in [0.29, 0.717) is 11.5 Å². The Morgan fingerprint density at radius 2 is 1.29 bits per heavy atom. The second-order valence-electron chi connectivity index (χ2n) is 4.82. The van der Waals surface area contributed by atoms with E-state index in [-0.39, 0.29) is 6.04 Å². The summed E-state index contributed by atoms with van der Waals surface area (Å²) in [5, 5.41) is 0. The molecule has 0 radical (unpaired) electrons. The Morgan fingerprint density at radius 1 is 0.762 bits per heavy atom. The van der Waals surface area contributed by atoms with Crippen LogP contribution in [0.2, 0.25) is 0 Å². The molecule has 0 aliphatic heterocycles. The van der Waals surface area contributed by atoms with Crippen molar-refractivity contribution in [3.8, 4) is 17.2 Å². The van der Waals surface area contributed by atoms with Crippen molar-refractivity contribution in [2.75, 3.05) is 21.3 Å². The van der Waals surface area contributed by atoms with Crippen molar-refractivity contribution in [2.45, 2.75) is 13.0 Å². The number of hydrogen-bond acceptors (Lipinski definition) is 4. The summed E-state index contributed by atoms with van der Waals surface area (Å²) in [6.07, 6.45) is 0. The average Bonchev–Trinajstić information content (AvgIpc) is 2.53. The molecule has 1 unspecified atom stereocenters. The van der Waals surface area contributed by atoms with Crippen LogP contribution in [0, 0.1) is 6.92 Å². The molecule has 0 fully saturated rings. The molecule has 2 N–H and O–H groups in total. The number of ether oxygens (including phenoxy) is 3. The van der Waals surface area contributed by atoms with Crippen molar-refractivity contribution in [3.63, 3.8) is 0 Å². The highest BCUT2D eigenvalue weighted by Crippen LogP contribution is 2.32. The lowest BCUT2D eigenvalue weighted by atomic mass is 9.97. The minimum absolute atomic E-state index is 0.227. The Balaban J connectivity index is 2.35. The Kier molecular flexibility index (Phi) is 4.70. The number of aryl methyl sites for hydroxylation is 1. The van der Waals surface area contributed by atoms with E-state index in [2.05, 4.69) is 0 Å². The smallest absolute Gasteiger partial charge is 0.161 e. The van der Waals surface area contributed by atoms with Gasteiger partial charge in [-0.2, -0.15) is 0 Å². The van der Waals surface area contributed by atoms with Gasteiger partial charge < -0.3 is 19.9 Å². The second-order valence-corrected chi connectivity index (χ2v) is 4.82. The SMILES string of the molecule is COc1ccc(C(N)c2ccc(OC)c(OC)c2)cc1C. The van der Waals surface area contributed by atoms with Gasteiger partial charge in [-0.15, -0.1) is 0 Å². The number of nitrogens with two attached hydrogens (primary N) is 1. The van der Waals surface area contributed by atoms with Crippen LogP contribution in [-0.4, -0.2) is 21.3 Å². The van der Waals surface area contributed by atoms with Crippen LogP contribution < -0.4 is 19.9 Å². The molecule has 0 saturated carbocycles. The molecule has 0 aromatic heterocycles. The Morgan fingerprint density at radius 3 is 1.81 bits per heavy atom. The molecule has 0 amide bonds. The fraction of sp³-hybridized carbons (Fsp3) is 0.294. The van der Waals surface area contributed by atoms with E-state index in [1.54, 1.807) is 21.3 Å². The van der Waals surface area contributed by atoms with Crippen LogP contribution in [0.4, 0.5) is 0 Å². The van der Waals surface area contributed by atoms with E-state index in [0.717, 1.165) is 22.4 Å². The maximum absolute atomic E-state index is 6.35. The average molecular weight is 287 g/mol. The first-order valence-electron chi connectivity index (χ1n) is 6.72. The van der Waals surface area contributed by atoms with Crippen LogP contribution in [0.15, 0.2) is 36.4 Å². The van der Waals surface area contributed by atoms with E-state index in [1.807, 2.05) is 43.3 Å². The molecule has 21 heavy (non-hydrogen) atoms. The first-order valence-corrected chi connectivity index (χ1v) is 6.72. The zero-order chi connectivity index (χ0) is 15.4. The zero-order valence-corrected chi connectivity index (χ0v) is 12.8. The van der Waals surface area contributed by atoms with Gasteiger partial charge in [-0.3, -0.25) is 0 Å². The number of methoxy groups -OCH3 is 3. The monoisotopic (exact) mass is 287 g/mol. The van der Waals surface area contributed by atoms with Crippen LogP contribution in [0.25, 0.3) is 0 Å². The van der Waals surface area contributed by atoms with E-state index in [4.69, 9.17) is 19.9 Å². The molecule has 0 spiro atoms. The fourth-order valence-corrected chi connectivity index (χ4v) is 2.33. The van der Waals surface area contributed by atoms with Crippen LogP contribution in [0.3, 0.4) is 0 Å². The standard InChI is InChI=1S/C17H21NO3/c1-11-9-12(5-7-14(11)19-2)17(18)13-6-8-15(20-3)16(10-13)21-4/h5-10,17H,18H2,1-4H3. The lowest BCUT2D eigenvalue weighted by molar-refractivity contribution is 0.354. The summed E-state index contributed by atoms with van der Waals surface area (Å²) in [7, 11) is 4.89. The molecule has 2 aromatic rings. The molecule has 4 nitrogen and oxygen atoms in total. The number of rotatable bonds is 5. The topological polar surface area (TPSA) is 53.7 Å². The molecule has 0 aliphatic carbocycles. The summed E-state index contributed by atoms with van der Waals surface area (Å²) in [6.45, 7) is 2.00. The molecular weight excluding hydrogens is 266 g/mol. The molecule has 4 heteroatoms. The quantitative estimate of drug-likeness (QED) is 0.918. The summed E-state index contributed by atoms with van der Waals surface area (Å²) >= 11 is 0. The minimum atomic E-state index is -0.227. The van der Waals surface area contributed by atoms with Gasteiger partial charge in [0.25, 0.3) is 0 Å². The van der Waals surface area contributed by atoms with E-state index < -0.39 is 0 Å². The Bertz CT molecular complexity index is 625. The molecule has 0 bridgehead atoms. The van der Waals surface area contributed by atoms with Crippen LogP contribution >= 0.6 is 0 Å². The Hall–Kier alpha value is -2.20. The van der Waals surface area contributed by atoms with Crippen molar-refractivity contribution in [1.29, 1.82) is 0 Å². The van der Waals surface area contributed by atoms with Crippen molar-refractivity contribution >= 4 is 0 Å². The molecule has 2 aromatic carbocycles. The first kappa shape index (κ1) is 15.2. The third-order valence-corrected chi connectivity index (χ3v) is 3.54. The summed E-state index contributed by atoms with van der Waals surface area (Å²) in [4.78, 5) is 0. The van der Waals surface area contributed by atoms with Crippen LogP contribution in [-0.2, 0) is 0 Å². The van der Waals surface area contributed by atoms with Crippen molar-refractivity contribution in [1.82, 2.24) is 0 Å². The van der Waals surface area contributed by atoms with Crippen molar-refractivity contribution in [3.05, 3.63) is 53.1 Å². The van der Waals surface area contributed by atoms with E-state index in [1.165, 1.54) is 0 Å². The van der Waals surface area contributed by atoms with Crippen LogP contribution in [0.5, 0.6) is 17.2 Å². The van der Waals surface area contributed by atoms with Gasteiger partial charge in [0.1, 0.15) is 5.75 Å². The number of benzene rings is 2. The highest BCUT2D eigenvalue weighted by atomic mass is 16.5. The molecule has 0 heterocycles. The lowest BCUT2D eigenvalue weighted by Gasteiger charge is -2.16. The predicted molar refractivity (Wildman–Crippen MR) is 83.3 cm³/mol. The third-order valence-electron chi connectivity index (χ3n) is 3.54. The van der Waals surface area contributed by atoms with Gasteiger partial charge in [0.05, 0.1) is 27.4 Å². The molecule has 112 valence electrons. The van der Waals surface area contributed by atoms with Crippen LogP contribution in [0.1, 0.15) is 22.7 Å². The second kappa shape index (κ2) is 6.50. The maximum Gasteiger partial charge on any atom is 0.161 e. The van der Waals surface area contributed by atoms with E-state index >= 15 is 0 Å². The normalized spacial score (nSPS) is 11.9. The lowest BCUT2D eigenvalue weighted by Crippen LogP contribution is -2.12. The predicted octanol–water partition coefficient (Wildman–Crippen LogP) is 3.07. The molecule has 0 saturated heterocycles. The number of hydrogen-bond donors (Lipinski definition) is 1. The van der Waals surface area contributed by atoms with Gasteiger partial charge in [-0.05, 0) is 41.8 Å². The van der Waals surface area contributed by atoms with Gasteiger partial charge in [-0.1, -0.05) is 18.2 Å². The summed E-state index contributed by atoms with van der Waals surface area (Å²) in [5.41, 5.74) is 9.41. The molecule has 2 rings (SSSR count). The highest BCUT2D eigenvalue weighted by molar-refractivity contribution is 5.47. The molecule has 1 atom stereocenters. The molecular formula is C17H21NO3. The summed E-state index contributed by atoms with van der Waals surface area (Å²) in [5.74, 6) is 2.23. The summed E-state index contributed by atoms with van der Waals surface area (Å²) in [6, 6.07) is 11.5. The molecule has 0 aliphatic rings. The highest BCUT2D eigenvalue weighted by Gasteiger charge is 2.13. The van der Waals surface area contributed by atoms with Gasteiger partial charge in [0, 0.05) is 0 Å². The zero-order valence-electron chi connectivity index (χ0n) is 12.8. The first-order chi connectivity index (χ1) is 10.1. The largest absolute Gasteiger partial charge is 0.496 e. The third kappa shape index (κ3) is 3.11. The Labute approximate surface area is 125 Å².